The molecular formula is C9H17NO2S. The molecule has 0 saturated carbocycles. The van der Waals surface area contributed by atoms with Gasteiger partial charge in [-0.3, -0.25) is 4.21 Å². The zero-order valence-corrected chi connectivity index (χ0v) is 8.81. The predicted octanol–water partition coefficient (Wildman–Crippen LogP) is 0.132. The van der Waals surface area contributed by atoms with Gasteiger partial charge < -0.3 is 10.1 Å². The topological polar surface area (TPSA) is 38.3 Å². The Kier molecular flexibility index (Phi) is 3.01. The van der Waals surface area contributed by atoms with Crippen LogP contribution < -0.4 is 5.32 Å². The molecule has 2 saturated heterocycles. The Morgan fingerprint density at radius 2 is 2.31 bits per heavy atom. The van der Waals surface area contributed by atoms with Gasteiger partial charge in [0.25, 0.3) is 0 Å². The molecule has 2 fully saturated rings. The molecule has 2 aliphatic heterocycles. The summed E-state index contributed by atoms with van der Waals surface area (Å²) in [4.78, 5) is 0. The van der Waals surface area contributed by atoms with Crippen LogP contribution in [0, 0.1) is 5.92 Å². The van der Waals surface area contributed by atoms with Gasteiger partial charge in [0.15, 0.2) is 0 Å². The third-order valence-electron chi connectivity index (χ3n) is 2.83. The van der Waals surface area contributed by atoms with Gasteiger partial charge in [0.1, 0.15) is 0 Å². The number of hydrogen-bond donors (Lipinski definition) is 1. The molecule has 3 nitrogen and oxygen atoms in total. The van der Waals surface area contributed by atoms with Gasteiger partial charge in [-0.15, -0.1) is 0 Å². The molecule has 4 unspecified atom stereocenters. The van der Waals surface area contributed by atoms with E-state index in [1.165, 1.54) is 0 Å². The fraction of sp³-hybridized carbons (Fsp3) is 1.00. The first-order chi connectivity index (χ1) is 6.25. The molecule has 2 aliphatic rings. The standard InChI is InChI=1S/C9H17NO2S/c1-7-5-13(11)6-9(10-7)8-2-3-12-4-8/h7-10H,2-6H2,1H3. The minimum atomic E-state index is -0.614. The molecule has 2 heterocycles. The van der Waals surface area contributed by atoms with Crippen LogP contribution in [0.4, 0.5) is 0 Å². The van der Waals surface area contributed by atoms with E-state index in [-0.39, 0.29) is 0 Å². The van der Waals surface area contributed by atoms with Crippen molar-refractivity contribution in [3.8, 4) is 0 Å². The summed E-state index contributed by atoms with van der Waals surface area (Å²) in [7, 11) is -0.614. The summed E-state index contributed by atoms with van der Waals surface area (Å²) in [5.74, 6) is 2.22. The highest BCUT2D eigenvalue weighted by Gasteiger charge is 2.31. The Bertz CT molecular complexity index is 204. The van der Waals surface area contributed by atoms with E-state index in [4.69, 9.17) is 4.74 Å². The number of hydrogen-bond acceptors (Lipinski definition) is 3. The normalized spacial score (nSPS) is 46.5. The summed E-state index contributed by atoms with van der Waals surface area (Å²) in [5.41, 5.74) is 0. The summed E-state index contributed by atoms with van der Waals surface area (Å²) >= 11 is 0. The summed E-state index contributed by atoms with van der Waals surface area (Å²) in [5, 5.41) is 3.52. The van der Waals surface area contributed by atoms with Gasteiger partial charge in [0.05, 0.1) is 6.61 Å². The quantitative estimate of drug-likeness (QED) is 0.658. The molecule has 4 atom stereocenters. The van der Waals surface area contributed by atoms with E-state index < -0.39 is 10.8 Å². The maximum atomic E-state index is 11.5. The Labute approximate surface area is 81.7 Å². The monoisotopic (exact) mass is 203 g/mol. The molecule has 0 aromatic rings. The number of ether oxygens (including phenoxy) is 1. The van der Waals surface area contributed by atoms with Crippen molar-refractivity contribution in [1.82, 2.24) is 5.32 Å². The zero-order chi connectivity index (χ0) is 9.26. The van der Waals surface area contributed by atoms with Gasteiger partial charge in [-0.25, -0.2) is 0 Å². The maximum Gasteiger partial charge on any atom is 0.0510 e. The van der Waals surface area contributed by atoms with E-state index in [2.05, 4.69) is 12.2 Å². The van der Waals surface area contributed by atoms with Gasteiger partial charge in [-0.2, -0.15) is 0 Å². The van der Waals surface area contributed by atoms with E-state index >= 15 is 0 Å². The van der Waals surface area contributed by atoms with Crippen LogP contribution in [-0.2, 0) is 15.5 Å². The second-order valence-corrected chi connectivity index (χ2v) is 5.62. The average molecular weight is 203 g/mol. The first-order valence-electron chi connectivity index (χ1n) is 4.94. The lowest BCUT2D eigenvalue weighted by Crippen LogP contribution is -2.52. The van der Waals surface area contributed by atoms with Crippen molar-refractivity contribution >= 4 is 10.8 Å². The van der Waals surface area contributed by atoms with Gasteiger partial charge in [-0.05, 0) is 13.3 Å². The molecule has 0 aliphatic carbocycles. The SMILES string of the molecule is CC1CS(=O)CC(C2CCOC2)N1. The van der Waals surface area contributed by atoms with Crippen LogP contribution in [-0.4, -0.2) is 41.0 Å². The second kappa shape index (κ2) is 4.07. The van der Waals surface area contributed by atoms with Crippen molar-refractivity contribution in [1.29, 1.82) is 0 Å². The molecule has 0 aromatic heterocycles. The summed E-state index contributed by atoms with van der Waals surface area (Å²) in [6, 6.07) is 0.826. The van der Waals surface area contributed by atoms with Gasteiger partial charge in [0, 0.05) is 46.9 Å². The lowest BCUT2D eigenvalue weighted by Gasteiger charge is -2.31. The van der Waals surface area contributed by atoms with Crippen LogP contribution in [0.25, 0.3) is 0 Å². The third kappa shape index (κ3) is 2.30. The molecule has 2 rings (SSSR count). The van der Waals surface area contributed by atoms with E-state index in [1.807, 2.05) is 0 Å². The van der Waals surface area contributed by atoms with Crippen LogP contribution in [0.2, 0.25) is 0 Å². The molecule has 0 radical (unpaired) electrons. The smallest absolute Gasteiger partial charge is 0.0510 e. The number of rotatable bonds is 1. The third-order valence-corrected chi connectivity index (χ3v) is 4.44. The number of nitrogens with one attached hydrogen (secondary N) is 1. The predicted molar refractivity (Wildman–Crippen MR) is 53.2 cm³/mol. The minimum Gasteiger partial charge on any atom is -0.381 e. The molecule has 0 bridgehead atoms. The van der Waals surface area contributed by atoms with Gasteiger partial charge in [0.2, 0.25) is 0 Å². The Morgan fingerprint density at radius 3 is 2.92 bits per heavy atom. The van der Waals surface area contributed by atoms with Crippen LogP contribution in [0.5, 0.6) is 0 Å². The Hall–Kier alpha value is 0.0700. The van der Waals surface area contributed by atoms with Crippen LogP contribution >= 0.6 is 0 Å². The van der Waals surface area contributed by atoms with E-state index in [9.17, 15) is 4.21 Å². The lowest BCUT2D eigenvalue weighted by atomic mass is 10.00. The fourth-order valence-electron chi connectivity index (χ4n) is 2.15. The highest BCUT2D eigenvalue weighted by Crippen LogP contribution is 2.20. The first-order valence-corrected chi connectivity index (χ1v) is 6.43. The van der Waals surface area contributed by atoms with Crippen molar-refractivity contribution in [3.05, 3.63) is 0 Å². The van der Waals surface area contributed by atoms with Crippen LogP contribution in [0.3, 0.4) is 0 Å². The van der Waals surface area contributed by atoms with Gasteiger partial charge >= 0.3 is 0 Å². The molecular weight excluding hydrogens is 186 g/mol. The minimum absolute atomic E-state index is 0.403. The zero-order valence-electron chi connectivity index (χ0n) is 7.99. The van der Waals surface area contributed by atoms with Crippen LogP contribution in [0.15, 0.2) is 0 Å². The summed E-state index contributed by atoms with van der Waals surface area (Å²) in [6.45, 7) is 3.84. The largest absolute Gasteiger partial charge is 0.381 e. The summed E-state index contributed by atoms with van der Waals surface area (Å²) < 4.78 is 16.8. The highest BCUT2D eigenvalue weighted by molar-refractivity contribution is 7.85. The van der Waals surface area contributed by atoms with Crippen molar-refractivity contribution in [2.24, 2.45) is 5.92 Å². The molecule has 13 heavy (non-hydrogen) atoms. The maximum absolute atomic E-state index is 11.5. The van der Waals surface area contributed by atoms with Crippen molar-refractivity contribution in [2.75, 3.05) is 24.7 Å². The molecule has 0 aromatic carbocycles. The first kappa shape index (κ1) is 9.62. The van der Waals surface area contributed by atoms with Gasteiger partial charge in [-0.1, -0.05) is 0 Å². The molecule has 4 heteroatoms. The van der Waals surface area contributed by atoms with Crippen molar-refractivity contribution in [3.63, 3.8) is 0 Å². The summed E-state index contributed by atoms with van der Waals surface area (Å²) in [6.07, 6.45) is 1.13. The molecule has 1 N–H and O–H groups in total. The molecule has 0 amide bonds. The fourth-order valence-corrected chi connectivity index (χ4v) is 3.71. The van der Waals surface area contributed by atoms with E-state index in [0.29, 0.717) is 18.0 Å². The van der Waals surface area contributed by atoms with E-state index in [0.717, 1.165) is 31.1 Å². The second-order valence-electron chi connectivity index (χ2n) is 4.07. The molecule has 0 spiro atoms. The van der Waals surface area contributed by atoms with Crippen LogP contribution in [0.1, 0.15) is 13.3 Å². The Morgan fingerprint density at radius 1 is 1.46 bits per heavy atom. The lowest BCUT2D eigenvalue weighted by molar-refractivity contribution is 0.177. The Balaban J connectivity index is 1.94. The van der Waals surface area contributed by atoms with Crippen molar-refractivity contribution < 1.29 is 8.95 Å². The molecule has 76 valence electrons. The van der Waals surface area contributed by atoms with Crippen molar-refractivity contribution in [2.45, 2.75) is 25.4 Å². The highest BCUT2D eigenvalue weighted by atomic mass is 32.2. The average Bonchev–Trinajstić information content (AvgIpc) is 2.53. The van der Waals surface area contributed by atoms with E-state index in [1.54, 1.807) is 0 Å².